The molecule has 0 fully saturated rings. The average Bonchev–Trinajstić information content (AvgIpc) is 2.78. The first-order valence-electron chi connectivity index (χ1n) is 5.99. The Morgan fingerprint density at radius 2 is 2.00 bits per heavy atom. The summed E-state index contributed by atoms with van der Waals surface area (Å²) in [6.45, 7) is 2.09. The van der Waals surface area contributed by atoms with Crippen LogP contribution in [0.3, 0.4) is 0 Å². The first-order valence-corrected chi connectivity index (χ1v) is 7.32. The smallest absolute Gasteiger partial charge is 0.129 e. The minimum atomic E-state index is 0.390. The fraction of sp³-hybridized carbons (Fsp3) is 0.133. The van der Waals surface area contributed by atoms with E-state index in [-0.39, 0.29) is 0 Å². The molecule has 0 aliphatic heterocycles. The molecular formula is C15H12BrClN2. The Labute approximate surface area is 125 Å². The SMILES string of the molecule is Cc1cccc2nc(CCl)n(-c3cccc(Br)c3)c12. The molecule has 1 heterocycles. The van der Waals surface area contributed by atoms with Crippen molar-refractivity contribution in [3.63, 3.8) is 0 Å². The molecule has 0 amide bonds. The maximum absolute atomic E-state index is 6.05. The molecule has 0 unspecified atom stereocenters. The average molecular weight is 336 g/mol. The molecule has 0 aliphatic rings. The van der Waals surface area contributed by atoms with Crippen molar-refractivity contribution < 1.29 is 0 Å². The summed E-state index contributed by atoms with van der Waals surface area (Å²) in [5.74, 6) is 1.25. The Balaban J connectivity index is 2.38. The summed E-state index contributed by atoms with van der Waals surface area (Å²) in [5, 5.41) is 0. The minimum Gasteiger partial charge on any atom is -0.295 e. The molecule has 0 radical (unpaired) electrons. The maximum atomic E-state index is 6.05. The van der Waals surface area contributed by atoms with Crippen LogP contribution in [-0.2, 0) is 5.88 Å². The number of aryl methyl sites for hydroxylation is 1. The van der Waals surface area contributed by atoms with E-state index in [1.165, 1.54) is 5.56 Å². The lowest BCUT2D eigenvalue weighted by atomic mass is 10.2. The zero-order valence-corrected chi connectivity index (χ0v) is 12.7. The van der Waals surface area contributed by atoms with Gasteiger partial charge in [-0.3, -0.25) is 4.57 Å². The molecule has 0 aliphatic carbocycles. The van der Waals surface area contributed by atoms with Crippen LogP contribution in [0.2, 0.25) is 0 Å². The van der Waals surface area contributed by atoms with E-state index < -0.39 is 0 Å². The molecule has 3 aromatic rings. The van der Waals surface area contributed by atoms with Gasteiger partial charge in [0.05, 0.1) is 16.9 Å². The molecule has 2 aromatic carbocycles. The summed E-state index contributed by atoms with van der Waals surface area (Å²) in [5.41, 5.74) is 4.37. The summed E-state index contributed by atoms with van der Waals surface area (Å²) in [7, 11) is 0. The molecule has 96 valence electrons. The Hall–Kier alpha value is -1.32. The third kappa shape index (κ3) is 2.17. The Morgan fingerprint density at radius 3 is 2.74 bits per heavy atom. The predicted molar refractivity (Wildman–Crippen MR) is 83.1 cm³/mol. The van der Waals surface area contributed by atoms with Crippen LogP contribution in [0.15, 0.2) is 46.9 Å². The fourth-order valence-electron chi connectivity index (χ4n) is 2.33. The summed E-state index contributed by atoms with van der Waals surface area (Å²) in [6.07, 6.45) is 0. The first kappa shape index (κ1) is 12.7. The van der Waals surface area contributed by atoms with Gasteiger partial charge in [0.15, 0.2) is 0 Å². The van der Waals surface area contributed by atoms with Gasteiger partial charge in [0.25, 0.3) is 0 Å². The molecule has 1 aromatic heterocycles. The van der Waals surface area contributed by atoms with Gasteiger partial charge in [-0.1, -0.05) is 34.1 Å². The molecule has 4 heteroatoms. The fourth-order valence-corrected chi connectivity index (χ4v) is 2.89. The van der Waals surface area contributed by atoms with Gasteiger partial charge in [-0.2, -0.15) is 0 Å². The Morgan fingerprint density at radius 1 is 1.21 bits per heavy atom. The van der Waals surface area contributed by atoms with Crippen molar-refractivity contribution in [1.82, 2.24) is 9.55 Å². The molecule has 0 N–H and O–H groups in total. The van der Waals surface area contributed by atoms with Gasteiger partial charge in [0.2, 0.25) is 0 Å². The van der Waals surface area contributed by atoms with Crippen molar-refractivity contribution in [2.45, 2.75) is 12.8 Å². The lowest BCUT2D eigenvalue weighted by Crippen LogP contribution is -2.00. The van der Waals surface area contributed by atoms with E-state index in [0.29, 0.717) is 5.88 Å². The van der Waals surface area contributed by atoms with Gasteiger partial charge in [-0.05, 0) is 36.8 Å². The quantitative estimate of drug-likeness (QED) is 0.613. The van der Waals surface area contributed by atoms with Gasteiger partial charge in [-0.15, -0.1) is 11.6 Å². The van der Waals surface area contributed by atoms with Crippen LogP contribution < -0.4 is 0 Å². The number of imidazole rings is 1. The summed E-state index contributed by atoms with van der Waals surface area (Å²) in [6, 6.07) is 14.3. The molecule has 0 saturated heterocycles. The molecule has 0 bridgehead atoms. The van der Waals surface area contributed by atoms with E-state index in [4.69, 9.17) is 11.6 Å². The number of alkyl halides is 1. The van der Waals surface area contributed by atoms with E-state index in [2.05, 4.69) is 50.6 Å². The lowest BCUT2D eigenvalue weighted by Gasteiger charge is -2.09. The van der Waals surface area contributed by atoms with E-state index >= 15 is 0 Å². The van der Waals surface area contributed by atoms with E-state index in [1.807, 2.05) is 24.3 Å². The topological polar surface area (TPSA) is 17.8 Å². The van der Waals surface area contributed by atoms with Crippen molar-refractivity contribution in [3.05, 3.63) is 58.3 Å². The van der Waals surface area contributed by atoms with Crippen LogP contribution >= 0.6 is 27.5 Å². The van der Waals surface area contributed by atoms with Crippen molar-refractivity contribution in [2.75, 3.05) is 0 Å². The highest BCUT2D eigenvalue weighted by Crippen LogP contribution is 2.26. The molecular weight excluding hydrogens is 324 g/mol. The van der Waals surface area contributed by atoms with E-state index in [1.54, 1.807) is 0 Å². The summed E-state index contributed by atoms with van der Waals surface area (Å²) in [4.78, 5) is 4.61. The van der Waals surface area contributed by atoms with Gasteiger partial charge in [0, 0.05) is 10.2 Å². The van der Waals surface area contributed by atoms with Gasteiger partial charge < -0.3 is 0 Å². The van der Waals surface area contributed by atoms with Crippen LogP contribution in [0.25, 0.3) is 16.7 Å². The predicted octanol–water partition coefficient (Wildman–Crippen LogP) is 4.84. The highest BCUT2D eigenvalue weighted by Gasteiger charge is 2.13. The van der Waals surface area contributed by atoms with E-state index in [9.17, 15) is 0 Å². The minimum absolute atomic E-state index is 0.390. The third-order valence-electron chi connectivity index (χ3n) is 3.13. The highest BCUT2D eigenvalue weighted by atomic mass is 79.9. The Kier molecular flexibility index (Phi) is 3.33. The molecule has 0 saturated carbocycles. The number of hydrogen-bond acceptors (Lipinski definition) is 1. The van der Waals surface area contributed by atoms with Gasteiger partial charge >= 0.3 is 0 Å². The third-order valence-corrected chi connectivity index (χ3v) is 3.87. The second-order valence-electron chi connectivity index (χ2n) is 4.42. The zero-order valence-electron chi connectivity index (χ0n) is 10.4. The monoisotopic (exact) mass is 334 g/mol. The van der Waals surface area contributed by atoms with Crippen LogP contribution in [0, 0.1) is 6.92 Å². The first-order chi connectivity index (χ1) is 9.20. The second kappa shape index (κ2) is 4.99. The van der Waals surface area contributed by atoms with Crippen molar-refractivity contribution in [1.29, 1.82) is 0 Å². The highest BCUT2D eigenvalue weighted by molar-refractivity contribution is 9.10. The lowest BCUT2D eigenvalue weighted by molar-refractivity contribution is 0.978. The maximum Gasteiger partial charge on any atom is 0.129 e. The van der Waals surface area contributed by atoms with Crippen LogP contribution in [0.5, 0.6) is 0 Å². The molecule has 3 rings (SSSR count). The summed E-state index contributed by atoms with van der Waals surface area (Å²) >= 11 is 9.56. The van der Waals surface area contributed by atoms with Crippen molar-refractivity contribution in [3.8, 4) is 5.69 Å². The number of rotatable bonds is 2. The Bertz CT molecular complexity index is 749. The molecule has 2 nitrogen and oxygen atoms in total. The number of benzene rings is 2. The standard InChI is InChI=1S/C15H12BrClN2/c1-10-4-2-7-13-15(10)19(14(9-17)18-13)12-6-3-5-11(16)8-12/h2-8H,9H2,1H3. The number of halogens is 2. The normalized spacial score (nSPS) is 11.1. The van der Waals surface area contributed by atoms with Gasteiger partial charge in [0.1, 0.15) is 5.82 Å². The van der Waals surface area contributed by atoms with Crippen molar-refractivity contribution in [2.24, 2.45) is 0 Å². The number of nitrogens with zero attached hydrogens (tertiary/aromatic N) is 2. The second-order valence-corrected chi connectivity index (χ2v) is 5.60. The number of para-hydroxylation sites is 1. The van der Waals surface area contributed by atoms with E-state index in [0.717, 1.165) is 27.0 Å². The largest absolute Gasteiger partial charge is 0.295 e. The van der Waals surface area contributed by atoms with Crippen molar-refractivity contribution >= 4 is 38.6 Å². The molecule has 19 heavy (non-hydrogen) atoms. The number of aromatic nitrogens is 2. The van der Waals surface area contributed by atoms with Crippen LogP contribution in [0.1, 0.15) is 11.4 Å². The molecule has 0 spiro atoms. The zero-order chi connectivity index (χ0) is 13.4. The van der Waals surface area contributed by atoms with Crippen LogP contribution in [0.4, 0.5) is 0 Å². The summed E-state index contributed by atoms with van der Waals surface area (Å²) < 4.78 is 3.17. The van der Waals surface area contributed by atoms with Gasteiger partial charge in [-0.25, -0.2) is 4.98 Å². The number of fused-ring (bicyclic) bond motifs is 1. The number of hydrogen-bond donors (Lipinski definition) is 0. The van der Waals surface area contributed by atoms with Crippen LogP contribution in [-0.4, -0.2) is 9.55 Å². The molecule has 0 atom stereocenters.